The molecule has 2 saturated heterocycles. The summed E-state index contributed by atoms with van der Waals surface area (Å²) in [6, 6.07) is 0.697. The molecule has 9 heteroatoms. The fourth-order valence-electron chi connectivity index (χ4n) is 4.72. The minimum Gasteiger partial charge on any atom is -0.353 e. The van der Waals surface area contributed by atoms with Crippen LogP contribution >= 0.6 is 11.9 Å². The summed E-state index contributed by atoms with van der Waals surface area (Å²) in [5.41, 5.74) is 0.758. The van der Waals surface area contributed by atoms with Crippen molar-refractivity contribution in [1.82, 2.24) is 9.62 Å². The molecular weight excluding hydrogens is 380 g/mol. The number of anilines is 1. The minimum absolute atomic E-state index is 0.280. The standard InChI is InChI=1S/C18H20F4N4S/c1-25-7-10-4-12(8-25)26(16(10)18(20,21)22)13-5-11(19)6-14-15(13)23-17(24-27-14)9-2-3-9/h5-6,9-10,12,16H,2-4,7-8H2,1H3,(H,23,24). The highest BCUT2D eigenvalue weighted by Crippen LogP contribution is 2.51. The predicted molar refractivity (Wildman–Crippen MR) is 96.9 cm³/mol. The maximum Gasteiger partial charge on any atom is 0.409 e. The van der Waals surface area contributed by atoms with E-state index in [0.29, 0.717) is 36.0 Å². The van der Waals surface area contributed by atoms with Crippen LogP contribution in [0.25, 0.3) is 0 Å². The first-order chi connectivity index (χ1) is 12.8. The number of amidine groups is 1. The van der Waals surface area contributed by atoms with Gasteiger partial charge in [0.1, 0.15) is 23.4 Å². The largest absolute Gasteiger partial charge is 0.409 e. The van der Waals surface area contributed by atoms with Crippen molar-refractivity contribution < 1.29 is 17.6 Å². The van der Waals surface area contributed by atoms with Gasteiger partial charge in [0.05, 0.1) is 10.6 Å². The van der Waals surface area contributed by atoms with Crippen molar-refractivity contribution in [2.75, 3.05) is 25.0 Å². The number of hydrogen-bond acceptors (Lipinski definition) is 5. The average molecular weight is 400 g/mol. The normalized spacial score (nSPS) is 30.8. The van der Waals surface area contributed by atoms with Gasteiger partial charge in [-0.1, -0.05) is 0 Å². The number of benzene rings is 1. The average Bonchev–Trinajstić information content (AvgIpc) is 3.38. The van der Waals surface area contributed by atoms with Crippen molar-refractivity contribution in [2.45, 2.75) is 42.4 Å². The molecule has 0 radical (unpaired) electrons. The Balaban J connectivity index is 1.64. The van der Waals surface area contributed by atoms with Crippen LogP contribution in [0.4, 0.5) is 28.9 Å². The molecule has 3 fully saturated rings. The summed E-state index contributed by atoms with van der Waals surface area (Å²) >= 11 is 1.25. The lowest BCUT2D eigenvalue weighted by Crippen LogP contribution is -2.47. The van der Waals surface area contributed by atoms with Gasteiger partial charge in [0.15, 0.2) is 0 Å². The van der Waals surface area contributed by atoms with E-state index in [1.807, 2.05) is 11.9 Å². The van der Waals surface area contributed by atoms with E-state index in [4.69, 9.17) is 0 Å². The van der Waals surface area contributed by atoms with Crippen LogP contribution in [0.1, 0.15) is 19.3 Å². The van der Waals surface area contributed by atoms with E-state index < -0.39 is 24.0 Å². The zero-order valence-electron chi connectivity index (χ0n) is 14.8. The molecule has 3 atom stereocenters. The summed E-state index contributed by atoms with van der Waals surface area (Å²) in [6.45, 7) is 0.945. The van der Waals surface area contributed by atoms with E-state index in [1.165, 1.54) is 29.0 Å². The van der Waals surface area contributed by atoms with Gasteiger partial charge in [0.25, 0.3) is 0 Å². The fourth-order valence-corrected chi connectivity index (χ4v) is 5.56. The first kappa shape index (κ1) is 17.6. The van der Waals surface area contributed by atoms with Gasteiger partial charge in [-0.05, 0) is 50.4 Å². The topological polar surface area (TPSA) is 30.9 Å². The third kappa shape index (κ3) is 2.99. The number of hydrogen-bond donors (Lipinski definition) is 1. The Morgan fingerprint density at radius 2 is 2.00 bits per heavy atom. The van der Waals surface area contributed by atoms with E-state index in [2.05, 4.69) is 9.71 Å². The molecule has 2 bridgehead atoms. The smallest absolute Gasteiger partial charge is 0.353 e. The summed E-state index contributed by atoms with van der Waals surface area (Å²) in [5, 5.41) is 0. The van der Waals surface area contributed by atoms with E-state index in [0.717, 1.165) is 18.7 Å². The number of nitrogens with zero attached hydrogens (tertiary/aromatic N) is 3. The lowest BCUT2D eigenvalue weighted by molar-refractivity contribution is -0.155. The Labute approximate surface area is 159 Å². The molecule has 5 rings (SSSR count). The second-order valence-electron chi connectivity index (χ2n) is 8.01. The van der Waals surface area contributed by atoms with Crippen LogP contribution < -0.4 is 9.62 Å². The number of aliphatic imine (C=N–C) groups is 1. The molecule has 3 aliphatic heterocycles. The first-order valence-electron chi connectivity index (χ1n) is 9.20. The second kappa shape index (κ2) is 6.01. The van der Waals surface area contributed by atoms with Crippen LogP contribution in [0, 0.1) is 17.7 Å². The zero-order valence-corrected chi connectivity index (χ0v) is 15.6. The number of fused-ring (bicyclic) bond motifs is 3. The summed E-state index contributed by atoms with van der Waals surface area (Å²) in [6.07, 6.45) is -1.83. The van der Waals surface area contributed by atoms with Crippen LogP contribution in [-0.2, 0) is 0 Å². The Hall–Kier alpha value is -1.48. The number of rotatable bonds is 2. The van der Waals surface area contributed by atoms with Crippen molar-refractivity contribution in [3.8, 4) is 0 Å². The third-order valence-electron chi connectivity index (χ3n) is 5.88. The number of alkyl halides is 3. The summed E-state index contributed by atoms with van der Waals surface area (Å²) < 4.78 is 59.4. The molecule has 3 heterocycles. The number of likely N-dealkylation sites (tertiary alicyclic amines) is 1. The van der Waals surface area contributed by atoms with Gasteiger partial charge in [-0.15, -0.1) is 0 Å². The number of nitrogens with one attached hydrogen (secondary N) is 1. The SMILES string of the molecule is CN1CC2CC(C1)N(c1cc(F)cc3c1N=C(C1CC1)NS3)C2C(F)(F)F. The third-order valence-corrected chi connectivity index (χ3v) is 6.72. The molecule has 146 valence electrons. The van der Waals surface area contributed by atoms with E-state index in [1.54, 1.807) is 0 Å². The molecule has 27 heavy (non-hydrogen) atoms. The highest BCUT2D eigenvalue weighted by molar-refractivity contribution is 7.98. The van der Waals surface area contributed by atoms with Gasteiger partial charge in [-0.2, -0.15) is 13.2 Å². The predicted octanol–water partition coefficient (Wildman–Crippen LogP) is 3.95. The highest BCUT2D eigenvalue weighted by atomic mass is 32.2. The minimum atomic E-state index is -4.37. The monoisotopic (exact) mass is 400 g/mol. The van der Waals surface area contributed by atoms with Gasteiger partial charge >= 0.3 is 6.18 Å². The van der Waals surface area contributed by atoms with Gasteiger partial charge in [-0.25, -0.2) is 9.38 Å². The first-order valence-corrected chi connectivity index (χ1v) is 10.0. The summed E-state index contributed by atoms with van der Waals surface area (Å²) in [5.74, 6) is 0.0990. The van der Waals surface area contributed by atoms with Crippen molar-refractivity contribution >= 4 is 29.2 Å². The number of likely N-dealkylation sites (N-methyl/N-ethyl adjacent to an activating group) is 1. The Kier molecular flexibility index (Phi) is 3.92. The van der Waals surface area contributed by atoms with Crippen LogP contribution in [-0.4, -0.2) is 49.1 Å². The molecule has 0 aromatic heterocycles. The van der Waals surface area contributed by atoms with E-state index in [9.17, 15) is 17.6 Å². The maximum absolute atomic E-state index is 14.3. The van der Waals surface area contributed by atoms with Crippen molar-refractivity contribution in [3.05, 3.63) is 17.9 Å². The van der Waals surface area contributed by atoms with Gasteiger partial charge in [0.2, 0.25) is 0 Å². The van der Waals surface area contributed by atoms with Gasteiger partial charge in [0, 0.05) is 31.0 Å². The molecular formula is C18H20F4N4S. The molecule has 1 aromatic carbocycles. The number of halogens is 4. The molecule has 0 amide bonds. The summed E-state index contributed by atoms with van der Waals surface area (Å²) in [4.78, 5) is 8.54. The van der Waals surface area contributed by atoms with Crippen molar-refractivity contribution in [2.24, 2.45) is 16.8 Å². The summed E-state index contributed by atoms with van der Waals surface area (Å²) in [7, 11) is 1.85. The van der Waals surface area contributed by atoms with Crippen LogP contribution in [0.15, 0.2) is 22.0 Å². The Bertz CT molecular complexity index is 807. The fraction of sp³-hybridized carbons (Fsp3) is 0.611. The molecule has 0 spiro atoms. The van der Waals surface area contributed by atoms with Crippen molar-refractivity contribution in [3.63, 3.8) is 0 Å². The quantitative estimate of drug-likeness (QED) is 0.602. The molecule has 4 aliphatic rings. The molecule has 1 N–H and O–H groups in total. The molecule has 4 nitrogen and oxygen atoms in total. The molecule has 1 saturated carbocycles. The molecule has 1 aromatic rings. The van der Waals surface area contributed by atoms with E-state index >= 15 is 0 Å². The van der Waals surface area contributed by atoms with Crippen LogP contribution in [0.3, 0.4) is 0 Å². The van der Waals surface area contributed by atoms with Crippen LogP contribution in [0.2, 0.25) is 0 Å². The number of piperidine rings is 1. The Morgan fingerprint density at radius 3 is 2.70 bits per heavy atom. The molecule has 1 aliphatic carbocycles. The lowest BCUT2D eigenvalue weighted by Gasteiger charge is -2.35. The van der Waals surface area contributed by atoms with Gasteiger partial charge in [-0.3, -0.25) is 0 Å². The zero-order chi connectivity index (χ0) is 18.9. The highest BCUT2D eigenvalue weighted by Gasteiger charge is 2.57. The van der Waals surface area contributed by atoms with Gasteiger partial charge < -0.3 is 14.5 Å². The molecule has 3 unspecified atom stereocenters. The second-order valence-corrected chi connectivity index (χ2v) is 8.86. The van der Waals surface area contributed by atoms with E-state index in [-0.39, 0.29) is 11.7 Å². The van der Waals surface area contributed by atoms with Crippen molar-refractivity contribution in [1.29, 1.82) is 0 Å². The van der Waals surface area contributed by atoms with Crippen LogP contribution in [0.5, 0.6) is 0 Å². The lowest BCUT2D eigenvalue weighted by atomic mass is 9.95. The Morgan fingerprint density at radius 1 is 1.22 bits per heavy atom. The maximum atomic E-state index is 14.3.